The van der Waals surface area contributed by atoms with Crippen molar-refractivity contribution in [3.63, 3.8) is 0 Å². The van der Waals surface area contributed by atoms with Gasteiger partial charge in [-0.25, -0.2) is 14.5 Å². The summed E-state index contributed by atoms with van der Waals surface area (Å²) in [4.78, 5) is 20.6. The zero-order valence-corrected chi connectivity index (χ0v) is 13.7. The van der Waals surface area contributed by atoms with Gasteiger partial charge in [0.15, 0.2) is 5.69 Å². The number of hydrogen-bond acceptors (Lipinski definition) is 7. The normalized spacial score (nSPS) is 10.3. The van der Waals surface area contributed by atoms with Gasteiger partial charge in [-0.05, 0) is 19.1 Å². The van der Waals surface area contributed by atoms with Crippen molar-refractivity contribution in [3.8, 4) is 16.8 Å². The summed E-state index contributed by atoms with van der Waals surface area (Å²) in [6, 6.07) is 7.63. The van der Waals surface area contributed by atoms with E-state index in [1.165, 1.54) is 22.2 Å². The molecule has 0 spiro atoms. The maximum Gasteiger partial charge on any atom is 0.342 e. The van der Waals surface area contributed by atoms with Gasteiger partial charge in [0.1, 0.15) is 16.6 Å². The van der Waals surface area contributed by atoms with E-state index in [1.54, 1.807) is 13.1 Å². The number of nitrogens with zero attached hydrogens (tertiary/aromatic N) is 5. The Morgan fingerprint density at radius 3 is 3.04 bits per heavy atom. The topological polar surface area (TPSA) is 93.7 Å². The number of ether oxygens (including phenoxy) is 1. The Balaban J connectivity index is 1.84. The Labute approximate surface area is 142 Å². The van der Waals surface area contributed by atoms with Crippen molar-refractivity contribution in [2.24, 2.45) is 0 Å². The quantitative estimate of drug-likeness (QED) is 0.663. The standard InChI is InChI=1S/C16H13N5O2S/c1-2-23-16(22)12-8-19-21(14(12)7-17)9-11-10-24-15(20-11)13-5-3-4-6-18-13/h3-6,8,10H,2,9H2,1H3. The first kappa shape index (κ1) is 15.8. The molecule has 3 aromatic rings. The summed E-state index contributed by atoms with van der Waals surface area (Å²) in [5.41, 5.74) is 1.87. The van der Waals surface area contributed by atoms with Crippen LogP contribution in [-0.2, 0) is 11.3 Å². The molecule has 7 nitrogen and oxygen atoms in total. The molecule has 3 aromatic heterocycles. The van der Waals surface area contributed by atoms with Gasteiger partial charge in [0, 0.05) is 11.6 Å². The van der Waals surface area contributed by atoms with Gasteiger partial charge in [-0.15, -0.1) is 11.3 Å². The molecule has 0 radical (unpaired) electrons. The molecule has 120 valence electrons. The highest BCUT2D eigenvalue weighted by Gasteiger charge is 2.19. The summed E-state index contributed by atoms with van der Waals surface area (Å²) in [6.45, 7) is 2.25. The van der Waals surface area contributed by atoms with Gasteiger partial charge in [0.05, 0.1) is 30.7 Å². The van der Waals surface area contributed by atoms with E-state index in [-0.39, 0.29) is 17.9 Å². The third kappa shape index (κ3) is 3.16. The van der Waals surface area contributed by atoms with Gasteiger partial charge in [0.2, 0.25) is 0 Å². The number of pyridine rings is 1. The van der Waals surface area contributed by atoms with Crippen LogP contribution in [0, 0.1) is 11.3 Å². The highest BCUT2D eigenvalue weighted by atomic mass is 32.1. The van der Waals surface area contributed by atoms with Gasteiger partial charge < -0.3 is 4.74 Å². The van der Waals surface area contributed by atoms with Crippen molar-refractivity contribution in [1.82, 2.24) is 19.7 Å². The smallest absolute Gasteiger partial charge is 0.342 e. The number of thiazole rings is 1. The summed E-state index contributed by atoms with van der Waals surface area (Å²) in [6.07, 6.45) is 3.06. The zero-order valence-electron chi connectivity index (χ0n) is 12.8. The molecule has 0 N–H and O–H groups in total. The fourth-order valence-electron chi connectivity index (χ4n) is 2.12. The van der Waals surface area contributed by atoms with E-state index in [9.17, 15) is 10.1 Å². The third-order valence-corrected chi connectivity index (χ3v) is 4.10. The molecule has 3 heterocycles. The molecule has 3 rings (SSSR count). The molecule has 8 heteroatoms. The van der Waals surface area contributed by atoms with Crippen LogP contribution in [0.2, 0.25) is 0 Å². The second kappa shape index (κ2) is 7.02. The number of aromatic nitrogens is 4. The van der Waals surface area contributed by atoms with Crippen molar-refractivity contribution < 1.29 is 9.53 Å². The molecule has 0 aliphatic rings. The molecule has 0 fully saturated rings. The first-order chi connectivity index (χ1) is 11.7. The Hall–Kier alpha value is -3.05. The molecule has 0 aromatic carbocycles. The molecule has 0 aliphatic heterocycles. The number of hydrogen-bond donors (Lipinski definition) is 0. The van der Waals surface area contributed by atoms with Gasteiger partial charge in [-0.2, -0.15) is 10.4 Å². The maximum atomic E-state index is 11.8. The molecule has 24 heavy (non-hydrogen) atoms. The highest BCUT2D eigenvalue weighted by molar-refractivity contribution is 7.13. The first-order valence-corrected chi connectivity index (χ1v) is 8.09. The molecule has 0 saturated heterocycles. The second-order valence-electron chi connectivity index (χ2n) is 4.76. The number of nitriles is 1. The summed E-state index contributed by atoms with van der Waals surface area (Å²) in [7, 11) is 0. The first-order valence-electron chi connectivity index (χ1n) is 7.21. The lowest BCUT2D eigenvalue weighted by Gasteiger charge is -2.02. The number of carbonyl (C=O) groups is 1. The van der Waals surface area contributed by atoms with Gasteiger partial charge in [-0.1, -0.05) is 6.07 Å². The van der Waals surface area contributed by atoms with Crippen LogP contribution in [0.5, 0.6) is 0 Å². The van der Waals surface area contributed by atoms with E-state index in [1.807, 2.05) is 29.6 Å². The number of rotatable bonds is 5. The fourth-order valence-corrected chi connectivity index (χ4v) is 2.91. The highest BCUT2D eigenvalue weighted by Crippen LogP contribution is 2.22. The number of carbonyl (C=O) groups excluding carboxylic acids is 1. The van der Waals surface area contributed by atoms with Crippen LogP contribution in [0.25, 0.3) is 10.7 Å². The molecule has 0 saturated carbocycles. The Kier molecular flexibility index (Phi) is 4.63. The van der Waals surface area contributed by atoms with Gasteiger partial charge >= 0.3 is 5.97 Å². The molecule has 0 unspecified atom stereocenters. The molecule has 0 aliphatic carbocycles. The number of esters is 1. The summed E-state index contributed by atoms with van der Waals surface area (Å²) in [5, 5.41) is 16.1. The Morgan fingerprint density at radius 1 is 1.46 bits per heavy atom. The van der Waals surface area contributed by atoms with Gasteiger partial charge in [-0.3, -0.25) is 4.98 Å². The third-order valence-electron chi connectivity index (χ3n) is 3.19. The van der Waals surface area contributed by atoms with E-state index in [4.69, 9.17) is 4.74 Å². The van der Waals surface area contributed by atoms with E-state index in [0.717, 1.165) is 16.4 Å². The predicted molar refractivity (Wildman–Crippen MR) is 87.3 cm³/mol. The fraction of sp³-hybridized carbons (Fsp3) is 0.188. The van der Waals surface area contributed by atoms with E-state index < -0.39 is 5.97 Å². The van der Waals surface area contributed by atoms with Crippen molar-refractivity contribution in [2.75, 3.05) is 6.61 Å². The minimum atomic E-state index is -0.548. The van der Waals surface area contributed by atoms with Crippen molar-refractivity contribution in [3.05, 3.63) is 52.9 Å². The van der Waals surface area contributed by atoms with Crippen molar-refractivity contribution in [2.45, 2.75) is 13.5 Å². The molecular formula is C16H13N5O2S. The van der Waals surface area contributed by atoms with Crippen molar-refractivity contribution >= 4 is 17.3 Å². The van der Waals surface area contributed by atoms with E-state index in [2.05, 4.69) is 15.1 Å². The second-order valence-corrected chi connectivity index (χ2v) is 5.61. The zero-order chi connectivity index (χ0) is 16.9. The monoisotopic (exact) mass is 339 g/mol. The average molecular weight is 339 g/mol. The molecule has 0 bridgehead atoms. The van der Waals surface area contributed by atoms with Crippen LogP contribution in [0.15, 0.2) is 36.0 Å². The lowest BCUT2D eigenvalue weighted by molar-refractivity contribution is 0.0526. The van der Waals surface area contributed by atoms with E-state index >= 15 is 0 Å². The van der Waals surface area contributed by atoms with Crippen LogP contribution in [0.4, 0.5) is 0 Å². The predicted octanol–water partition coefficient (Wildman–Crippen LogP) is 2.50. The van der Waals surface area contributed by atoms with Crippen LogP contribution in [0.1, 0.15) is 28.7 Å². The lowest BCUT2D eigenvalue weighted by atomic mass is 10.2. The van der Waals surface area contributed by atoms with Crippen LogP contribution in [-0.4, -0.2) is 32.3 Å². The minimum Gasteiger partial charge on any atom is -0.462 e. The maximum absolute atomic E-state index is 11.8. The van der Waals surface area contributed by atoms with E-state index in [0.29, 0.717) is 6.54 Å². The summed E-state index contributed by atoms with van der Waals surface area (Å²) >= 11 is 1.47. The van der Waals surface area contributed by atoms with Crippen LogP contribution < -0.4 is 0 Å². The summed E-state index contributed by atoms with van der Waals surface area (Å²) < 4.78 is 6.38. The largest absolute Gasteiger partial charge is 0.462 e. The van der Waals surface area contributed by atoms with Gasteiger partial charge in [0.25, 0.3) is 0 Å². The lowest BCUT2D eigenvalue weighted by Crippen LogP contribution is -2.09. The average Bonchev–Trinajstić information content (AvgIpc) is 3.23. The molecule has 0 atom stereocenters. The van der Waals surface area contributed by atoms with Crippen LogP contribution >= 0.6 is 11.3 Å². The van der Waals surface area contributed by atoms with Crippen molar-refractivity contribution in [1.29, 1.82) is 5.26 Å². The Morgan fingerprint density at radius 2 is 2.33 bits per heavy atom. The molecule has 0 amide bonds. The summed E-state index contributed by atoms with van der Waals surface area (Å²) in [5.74, 6) is -0.548. The Bertz CT molecular complexity index is 895. The SMILES string of the molecule is CCOC(=O)c1cnn(Cc2csc(-c3ccccn3)n2)c1C#N. The minimum absolute atomic E-state index is 0.166. The molecular weight excluding hydrogens is 326 g/mol. The van der Waals surface area contributed by atoms with Crippen LogP contribution in [0.3, 0.4) is 0 Å².